The van der Waals surface area contributed by atoms with Gasteiger partial charge in [0.15, 0.2) is 0 Å². The largest absolute Gasteiger partial charge is 0.300 e. The maximum atomic E-state index is 12.7. The molecule has 0 amide bonds. The van der Waals surface area contributed by atoms with Gasteiger partial charge < -0.3 is 0 Å². The van der Waals surface area contributed by atoms with Gasteiger partial charge in [-0.3, -0.25) is 4.90 Å². The van der Waals surface area contributed by atoms with Crippen LogP contribution in [-0.4, -0.2) is 50.5 Å². The van der Waals surface area contributed by atoms with Crippen molar-refractivity contribution >= 4 is 32.6 Å². The Bertz CT molecular complexity index is 855. The van der Waals surface area contributed by atoms with Gasteiger partial charge in [0.1, 0.15) is 0 Å². The minimum absolute atomic E-state index is 0.358. The van der Waals surface area contributed by atoms with Gasteiger partial charge in [-0.05, 0) is 66.9 Å². The van der Waals surface area contributed by atoms with Crippen LogP contribution in [0.2, 0.25) is 0 Å². The molecule has 4 rings (SSSR count). The summed E-state index contributed by atoms with van der Waals surface area (Å²) in [6.45, 7) is 2.75. The number of thioether (sulfide) groups is 1. The Balaban J connectivity index is 1.34. The van der Waals surface area contributed by atoms with Crippen LogP contribution < -0.4 is 4.72 Å². The fraction of sp³-hybridized carbons (Fsp3) is 0.500. The van der Waals surface area contributed by atoms with E-state index >= 15 is 0 Å². The van der Waals surface area contributed by atoms with Gasteiger partial charge >= 0.3 is 0 Å². The van der Waals surface area contributed by atoms with E-state index in [1.807, 2.05) is 30.3 Å². The predicted molar refractivity (Wildman–Crippen MR) is 109 cm³/mol. The molecular weight excluding hydrogens is 364 g/mol. The maximum absolute atomic E-state index is 12.7. The average molecular weight is 391 g/mol. The molecular formula is C20H26N2O2S2. The van der Waals surface area contributed by atoms with Crippen LogP contribution in [0.1, 0.15) is 19.3 Å². The van der Waals surface area contributed by atoms with Crippen molar-refractivity contribution in [2.45, 2.75) is 30.2 Å². The number of fused-ring (bicyclic) bond motifs is 1. The van der Waals surface area contributed by atoms with Crippen LogP contribution >= 0.6 is 11.8 Å². The Hall–Kier alpha value is -1.08. The molecule has 1 atom stereocenters. The van der Waals surface area contributed by atoms with Crippen molar-refractivity contribution in [3.05, 3.63) is 42.5 Å². The second kappa shape index (κ2) is 7.89. The van der Waals surface area contributed by atoms with Crippen LogP contribution in [0.5, 0.6) is 0 Å². The summed E-state index contributed by atoms with van der Waals surface area (Å²) in [5.74, 6) is 2.99. The van der Waals surface area contributed by atoms with E-state index in [9.17, 15) is 8.42 Å². The summed E-state index contributed by atoms with van der Waals surface area (Å²) in [7, 11) is -3.45. The number of hydrogen-bond acceptors (Lipinski definition) is 4. The number of sulfonamides is 1. The summed E-state index contributed by atoms with van der Waals surface area (Å²) < 4.78 is 28.2. The molecule has 26 heavy (non-hydrogen) atoms. The molecule has 0 bridgehead atoms. The van der Waals surface area contributed by atoms with Crippen LogP contribution in [-0.2, 0) is 10.0 Å². The first-order chi connectivity index (χ1) is 12.6. The fourth-order valence-corrected chi connectivity index (χ4v) is 6.38. The van der Waals surface area contributed by atoms with Gasteiger partial charge in [0.25, 0.3) is 0 Å². The first-order valence-corrected chi connectivity index (χ1v) is 12.1. The molecule has 2 aromatic rings. The number of likely N-dealkylation sites (tertiary alicyclic amines) is 1. The first kappa shape index (κ1) is 18.3. The summed E-state index contributed by atoms with van der Waals surface area (Å²) in [4.78, 5) is 2.96. The third-order valence-electron chi connectivity index (χ3n) is 5.66. The molecule has 2 aliphatic heterocycles. The van der Waals surface area contributed by atoms with E-state index in [1.165, 1.54) is 17.9 Å². The number of nitrogens with one attached hydrogen (secondary N) is 1. The van der Waals surface area contributed by atoms with Gasteiger partial charge in [-0.1, -0.05) is 30.3 Å². The van der Waals surface area contributed by atoms with Gasteiger partial charge in [-0.2, -0.15) is 11.8 Å². The van der Waals surface area contributed by atoms with E-state index in [0.29, 0.717) is 17.4 Å². The Labute approximate surface area is 160 Å². The zero-order chi connectivity index (χ0) is 18.0. The molecule has 0 radical (unpaired) electrons. The van der Waals surface area contributed by atoms with Gasteiger partial charge in [0, 0.05) is 18.3 Å². The molecule has 0 aliphatic carbocycles. The molecule has 0 aromatic heterocycles. The fourth-order valence-electron chi connectivity index (χ4n) is 3.98. The first-order valence-electron chi connectivity index (χ1n) is 9.42. The van der Waals surface area contributed by atoms with Crippen molar-refractivity contribution in [1.29, 1.82) is 0 Å². The molecule has 4 nitrogen and oxygen atoms in total. The minimum atomic E-state index is -3.45. The lowest BCUT2D eigenvalue weighted by atomic mass is 9.96. The Kier molecular flexibility index (Phi) is 5.55. The summed E-state index contributed by atoms with van der Waals surface area (Å²) >= 11 is 2.06. The monoisotopic (exact) mass is 390 g/mol. The van der Waals surface area contributed by atoms with Crippen molar-refractivity contribution < 1.29 is 8.42 Å². The number of rotatable bonds is 5. The lowest BCUT2D eigenvalue weighted by Gasteiger charge is -2.35. The zero-order valence-electron chi connectivity index (χ0n) is 14.9. The van der Waals surface area contributed by atoms with Crippen LogP contribution in [0.4, 0.5) is 0 Å². The van der Waals surface area contributed by atoms with Crippen LogP contribution in [0.3, 0.4) is 0 Å². The second-order valence-corrected chi connectivity index (χ2v) is 10.3. The van der Waals surface area contributed by atoms with Gasteiger partial charge in [0.05, 0.1) is 4.90 Å². The van der Waals surface area contributed by atoms with E-state index in [2.05, 4.69) is 21.4 Å². The molecule has 2 aromatic carbocycles. The highest BCUT2D eigenvalue weighted by Crippen LogP contribution is 2.27. The number of piperidine rings is 1. The molecule has 2 aliphatic rings. The Morgan fingerprint density at radius 2 is 1.81 bits per heavy atom. The summed E-state index contributed by atoms with van der Waals surface area (Å²) in [5, 5.41) is 2.02. The van der Waals surface area contributed by atoms with Crippen molar-refractivity contribution in [2.24, 2.45) is 5.92 Å². The topological polar surface area (TPSA) is 49.4 Å². The van der Waals surface area contributed by atoms with Crippen LogP contribution in [0, 0.1) is 5.92 Å². The SMILES string of the molecule is O=S(=O)(NCC1CCN(C2CCSC2)CC1)c1ccc2ccccc2c1. The Morgan fingerprint density at radius 3 is 2.54 bits per heavy atom. The quantitative estimate of drug-likeness (QED) is 0.851. The molecule has 1 unspecified atom stereocenters. The highest BCUT2D eigenvalue weighted by Gasteiger charge is 2.28. The summed E-state index contributed by atoms with van der Waals surface area (Å²) in [5.41, 5.74) is 0. The lowest BCUT2D eigenvalue weighted by Crippen LogP contribution is -2.43. The normalized spacial score (nSPS) is 22.8. The van der Waals surface area contributed by atoms with Crippen molar-refractivity contribution in [3.63, 3.8) is 0 Å². The molecule has 140 valence electrons. The van der Waals surface area contributed by atoms with E-state index in [0.717, 1.165) is 42.7 Å². The van der Waals surface area contributed by atoms with E-state index in [-0.39, 0.29) is 0 Å². The molecule has 6 heteroatoms. The number of nitrogens with zero attached hydrogens (tertiary/aromatic N) is 1. The highest BCUT2D eigenvalue weighted by molar-refractivity contribution is 7.99. The molecule has 1 N–H and O–H groups in total. The molecule has 0 spiro atoms. The summed E-state index contributed by atoms with van der Waals surface area (Å²) in [6.07, 6.45) is 3.48. The van der Waals surface area contributed by atoms with E-state index in [4.69, 9.17) is 0 Å². The predicted octanol–water partition coefficient (Wildman–Crippen LogP) is 3.34. The van der Waals surface area contributed by atoms with Gasteiger partial charge in [-0.25, -0.2) is 13.1 Å². The van der Waals surface area contributed by atoms with E-state index < -0.39 is 10.0 Å². The molecule has 2 heterocycles. The van der Waals surface area contributed by atoms with Crippen LogP contribution in [0.15, 0.2) is 47.4 Å². The minimum Gasteiger partial charge on any atom is -0.300 e. The number of hydrogen-bond donors (Lipinski definition) is 1. The van der Waals surface area contributed by atoms with Crippen molar-refractivity contribution in [1.82, 2.24) is 9.62 Å². The van der Waals surface area contributed by atoms with Gasteiger partial charge in [0.2, 0.25) is 10.0 Å². The lowest BCUT2D eigenvalue weighted by molar-refractivity contribution is 0.145. The van der Waals surface area contributed by atoms with Crippen molar-refractivity contribution in [3.8, 4) is 0 Å². The van der Waals surface area contributed by atoms with Gasteiger partial charge in [-0.15, -0.1) is 0 Å². The zero-order valence-corrected chi connectivity index (χ0v) is 16.6. The van der Waals surface area contributed by atoms with Crippen LogP contribution in [0.25, 0.3) is 10.8 Å². The molecule has 2 fully saturated rings. The summed E-state index contributed by atoms with van der Waals surface area (Å²) in [6, 6.07) is 13.9. The second-order valence-electron chi connectivity index (χ2n) is 7.36. The van der Waals surface area contributed by atoms with Crippen molar-refractivity contribution in [2.75, 3.05) is 31.1 Å². The highest BCUT2D eigenvalue weighted by atomic mass is 32.2. The average Bonchev–Trinajstić information content (AvgIpc) is 3.21. The third kappa shape index (κ3) is 4.09. The number of benzene rings is 2. The standard InChI is InChI=1S/C20H26N2O2S2/c23-26(24,20-6-5-17-3-1-2-4-18(17)13-20)21-14-16-7-10-22(11-8-16)19-9-12-25-15-19/h1-6,13,16,19,21H,7-12,14-15H2. The van der Waals surface area contributed by atoms with E-state index in [1.54, 1.807) is 12.1 Å². The molecule has 0 saturated carbocycles. The smallest absolute Gasteiger partial charge is 0.240 e. The molecule has 2 saturated heterocycles. The maximum Gasteiger partial charge on any atom is 0.240 e. The Morgan fingerprint density at radius 1 is 1.04 bits per heavy atom. The third-order valence-corrected chi connectivity index (χ3v) is 8.23.